The molecule has 0 saturated heterocycles. The molecule has 0 aliphatic carbocycles. The van der Waals surface area contributed by atoms with Crippen LogP contribution < -0.4 is 5.01 Å². The monoisotopic (exact) mass is 346 g/mol. The highest BCUT2D eigenvalue weighted by Gasteiger charge is 2.42. The first-order chi connectivity index (χ1) is 12.3. The van der Waals surface area contributed by atoms with Gasteiger partial charge in [-0.1, -0.05) is 54.6 Å². The smallest absolute Gasteiger partial charge is 0.264 e. The van der Waals surface area contributed by atoms with E-state index in [1.54, 1.807) is 6.07 Å². The molecule has 1 atom stereocenters. The van der Waals surface area contributed by atoms with Crippen molar-refractivity contribution in [2.75, 3.05) is 5.01 Å². The SMILES string of the molecule is O=C(c1cccs1)C1C(=O)N(c2ccccc2)N=C1c1ccccc1. The topological polar surface area (TPSA) is 49.7 Å². The van der Waals surface area contributed by atoms with Gasteiger partial charge in [0.1, 0.15) is 5.92 Å². The minimum Gasteiger partial charge on any atom is -0.292 e. The number of rotatable bonds is 4. The molecule has 1 aromatic heterocycles. The first-order valence-corrected chi connectivity index (χ1v) is 8.74. The zero-order valence-corrected chi connectivity index (χ0v) is 14.0. The number of carbonyl (C=O) groups is 2. The molecule has 0 radical (unpaired) electrons. The van der Waals surface area contributed by atoms with Crippen molar-refractivity contribution < 1.29 is 9.59 Å². The highest BCUT2D eigenvalue weighted by Crippen LogP contribution is 2.29. The Balaban J connectivity index is 1.80. The number of hydrazone groups is 1. The lowest BCUT2D eigenvalue weighted by atomic mass is 9.92. The van der Waals surface area contributed by atoms with Gasteiger partial charge in [-0.25, -0.2) is 0 Å². The number of nitrogens with zero attached hydrogens (tertiary/aromatic N) is 2. The number of anilines is 1. The number of hydrogen-bond donors (Lipinski definition) is 0. The van der Waals surface area contributed by atoms with E-state index in [1.165, 1.54) is 16.3 Å². The van der Waals surface area contributed by atoms with Crippen molar-refractivity contribution in [3.8, 4) is 0 Å². The number of para-hydroxylation sites is 1. The zero-order valence-electron chi connectivity index (χ0n) is 13.2. The largest absolute Gasteiger partial charge is 0.292 e. The molecule has 1 amide bonds. The first kappa shape index (κ1) is 15.5. The number of thiophene rings is 1. The average Bonchev–Trinajstić information content (AvgIpc) is 3.31. The molecule has 3 aromatic rings. The molecule has 4 nitrogen and oxygen atoms in total. The number of ketones is 1. The maximum absolute atomic E-state index is 13.0. The lowest BCUT2D eigenvalue weighted by molar-refractivity contribution is -0.118. The van der Waals surface area contributed by atoms with Gasteiger partial charge in [-0.3, -0.25) is 9.59 Å². The summed E-state index contributed by atoms with van der Waals surface area (Å²) in [6, 6.07) is 22.1. The lowest BCUT2D eigenvalue weighted by Gasteiger charge is -2.13. The molecule has 4 rings (SSSR count). The summed E-state index contributed by atoms with van der Waals surface area (Å²) in [5, 5.41) is 7.67. The zero-order chi connectivity index (χ0) is 17.2. The molecule has 122 valence electrons. The molecule has 0 N–H and O–H groups in total. The summed E-state index contributed by atoms with van der Waals surface area (Å²) < 4.78 is 0. The fourth-order valence-electron chi connectivity index (χ4n) is 2.84. The van der Waals surface area contributed by atoms with Crippen LogP contribution in [-0.4, -0.2) is 17.4 Å². The second-order valence-corrected chi connectivity index (χ2v) is 6.56. The third-order valence-corrected chi connectivity index (χ3v) is 4.92. The predicted octanol–water partition coefficient (Wildman–Crippen LogP) is 4.00. The van der Waals surface area contributed by atoms with E-state index in [0.717, 1.165) is 5.56 Å². The Kier molecular flexibility index (Phi) is 3.99. The van der Waals surface area contributed by atoms with Gasteiger partial charge in [-0.15, -0.1) is 11.3 Å². The van der Waals surface area contributed by atoms with Gasteiger partial charge in [-0.05, 0) is 29.1 Å². The first-order valence-electron chi connectivity index (χ1n) is 7.86. The summed E-state index contributed by atoms with van der Waals surface area (Å²) in [4.78, 5) is 26.5. The van der Waals surface area contributed by atoms with Crippen LogP contribution in [0.15, 0.2) is 83.3 Å². The van der Waals surface area contributed by atoms with Crippen LogP contribution in [-0.2, 0) is 4.79 Å². The highest BCUT2D eigenvalue weighted by atomic mass is 32.1. The van der Waals surface area contributed by atoms with Crippen molar-refractivity contribution in [1.82, 2.24) is 0 Å². The van der Waals surface area contributed by atoms with Gasteiger partial charge >= 0.3 is 0 Å². The molecular formula is C20H14N2O2S. The van der Waals surface area contributed by atoms with Gasteiger partial charge in [0.05, 0.1) is 16.3 Å². The molecule has 5 heteroatoms. The molecule has 0 fully saturated rings. The average molecular weight is 346 g/mol. The fraction of sp³-hybridized carbons (Fsp3) is 0.0500. The maximum Gasteiger partial charge on any atom is 0.264 e. The van der Waals surface area contributed by atoms with Crippen LogP contribution >= 0.6 is 11.3 Å². The van der Waals surface area contributed by atoms with Gasteiger partial charge in [0.25, 0.3) is 5.91 Å². The van der Waals surface area contributed by atoms with Gasteiger partial charge in [0, 0.05) is 0 Å². The van der Waals surface area contributed by atoms with Crippen LogP contribution in [0.1, 0.15) is 15.2 Å². The summed E-state index contributed by atoms with van der Waals surface area (Å²) in [5.41, 5.74) is 1.93. The highest BCUT2D eigenvalue weighted by molar-refractivity contribution is 7.12. The van der Waals surface area contributed by atoms with Crippen molar-refractivity contribution in [3.05, 3.63) is 88.6 Å². The van der Waals surface area contributed by atoms with Crippen molar-refractivity contribution in [2.45, 2.75) is 0 Å². The Hall–Kier alpha value is -3.05. The van der Waals surface area contributed by atoms with E-state index in [0.29, 0.717) is 16.3 Å². The van der Waals surface area contributed by atoms with Gasteiger partial charge < -0.3 is 0 Å². The number of amides is 1. The molecule has 25 heavy (non-hydrogen) atoms. The quantitative estimate of drug-likeness (QED) is 0.530. The Bertz CT molecular complexity index is 934. The molecule has 1 aliphatic heterocycles. The van der Waals surface area contributed by atoms with E-state index in [-0.39, 0.29) is 11.7 Å². The summed E-state index contributed by atoms with van der Waals surface area (Å²) >= 11 is 1.34. The summed E-state index contributed by atoms with van der Waals surface area (Å²) in [6.07, 6.45) is 0. The van der Waals surface area contributed by atoms with Crippen LogP contribution in [0.4, 0.5) is 5.69 Å². The molecule has 1 unspecified atom stereocenters. The van der Waals surface area contributed by atoms with Crippen molar-refractivity contribution in [1.29, 1.82) is 0 Å². The van der Waals surface area contributed by atoms with Gasteiger partial charge in [0.2, 0.25) is 0 Å². The van der Waals surface area contributed by atoms with Crippen LogP contribution in [0.25, 0.3) is 0 Å². The molecule has 2 heterocycles. The van der Waals surface area contributed by atoms with Crippen LogP contribution in [0.2, 0.25) is 0 Å². The van der Waals surface area contributed by atoms with Crippen LogP contribution in [0, 0.1) is 5.92 Å². The number of carbonyl (C=O) groups excluding carboxylic acids is 2. The maximum atomic E-state index is 13.0. The molecular weight excluding hydrogens is 332 g/mol. The van der Waals surface area contributed by atoms with Crippen molar-refractivity contribution >= 4 is 34.4 Å². The van der Waals surface area contributed by atoms with Gasteiger partial charge in [-0.2, -0.15) is 10.1 Å². The van der Waals surface area contributed by atoms with E-state index in [4.69, 9.17) is 0 Å². The second-order valence-electron chi connectivity index (χ2n) is 5.61. The summed E-state index contributed by atoms with van der Waals surface area (Å²) in [5.74, 6) is -1.44. The standard InChI is InChI=1S/C20H14N2O2S/c23-19(16-12-7-13-25-16)17-18(14-8-3-1-4-9-14)21-22(20(17)24)15-10-5-2-6-11-15/h1-13,17H. The van der Waals surface area contributed by atoms with Crippen LogP contribution in [0.3, 0.4) is 0 Å². The van der Waals surface area contributed by atoms with E-state index < -0.39 is 5.92 Å². The lowest BCUT2D eigenvalue weighted by Crippen LogP contribution is -2.33. The fourth-order valence-corrected chi connectivity index (χ4v) is 3.53. The van der Waals surface area contributed by atoms with E-state index in [2.05, 4.69) is 5.10 Å². The van der Waals surface area contributed by atoms with Crippen LogP contribution in [0.5, 0.6) is 0 Å². The Morgan fingerprint density at radius 2 is 1.60 bits per heavy atom. The minimum absolute atomic E-state index is 0.207. The molecule has 1 aliphatic rings. The predicted molar refractivity (Wildman–Crippen MR) is 99.0 cm³/mol. The minimum atomic E-state index is -0.916. The normalized spacial score (nSPS) is 16.8. The molecule has 0 spiro atoms. The Morgan fingerprint density at radius 1 is 0.920 bits per heavy atom. The third kappa shape index (κ3) is 2.79. The van der Waals surface area contributed by atoms with Crippen molar-refractivity contribution in [2.24, 2.45) is 11.0 Å². The summed E-state index contributed by atoms with van der Waals surface area (Å²) in [6.45, 7) is 0. The van der Waals surface area contributed by atoms with Gasteiger partial charge in [0.15, 0.2) is 5.78 Å². The number of Topliss-reactive ketones (excluding diaryl/α,β-unsaturated/α-hetero) is 1. The molecule has 0 bridgehead atoms. The molecule has 2 aromatic carbocycles. The van der Waals surface area contributed by atoms with E-state index in [9.17, 15) is 9.59 Å². The van der Waals surface area contributed by atoms with E-state index in [1.807, 2.05) is 72.1 Å². The van der Waals surface area contributed by atoms with E-state index >= 15 is 0 Å². The second kappa shape index (κ2) is 6.45. The summed E-state index contributed by atoms with van der Waals surface area (Å²) in [7, 11) is 0. The number of benzene rings is 2. The third-order valence-electron chi connectivity index (χ3n) is 4.03. The Morgan fingerprint density at radius 3 is 2.24 bits per heavy atom. The molecule has 0 saturated carbocycles. The number of hydrogen-bond acceptors (Lipinski definition) is 4. The van der Waals surface area contributed by atoms with Crippen molar-refractivity contribution in [3.63, 3.8) is 0 Å². The Labute approximate surface area is 149 Å².